The van der Waals surface area contributed by atoms with E-state index in [1.54, 1.807) is 7.05 Å². The topological polar surface area (TPSA) is 63.1 Å². The summed E-state index contributed by atoms with van der Waals surface area (Å²) >= 11 is 3.45. The van der Waals surface area contributed by atoms with Gasteiger partial charge in [0.25, 0.3) is 0 Å². The standard InChI is InChI=1S/C15H15BrN4/c1-18-15(19-20-17)14-5-3-2-4-13(14)12-8-6-11(10-16)7-9-12/h2-9H,10H2,1H3,(H2,17,18,19). The van der Waals surface area contributed by atoms with E-state index in [4.69, 9.17) is 5.84 Å². The van der Waals surface area contributed by atoms with E-state index in [1.165, 1.54) is 5.56 Å². The van der Waals surface area contributed by atoms with E-state index in [-0.39, 0.29) is 0 Å². The Balaban J connectivity index is 2.51. The number of aliphatic imine (C=N–C) groups is 1. The van der Waals surface area contributed by atoms with Crippen molar-refractivity contribution in [2.24, 2.45) is 21.2 Å². The van der Waals surface area contributed by atoms with Crippen LogP contribution in [0.25, 0.3) is 11.1 Å². The predicted octanol–water partition coefficient (Wildman–Crippen LogP) is 3.95. The number of halogens is 1. The van der Waals surface area contributed by atoms with Gasteiger partial charge < -0.3 is 5.84 Å². The molecule has 0 heterocycles. The van der Waals surface area contributed by atoms with Gasteiger partial charge in [0, 0.05) is 17.9 Å². The fourth-order valence-electron chi connectivity index (χ4n) is 1.98. The third-order valence-corrected chi connectivity index (χ3v) is 3.60. The number of amidine groups is 1. The second kappa shape index (κ2) is 6.96. The van der Waals surface area contributed by atoms with Crippen molar-refractivity contribution in [3.05, 3.63) is 59.7 Å². The van der Waals surface area contributed by atoms with Crippen LogP contribution < -0.4 is 5.84 Å². The first-order valence-electron chi connectivity index (χ1n) is 6.12. The maximum atomic E-state index is 5.14. The summed E-state index contributed by atoms with van der Waals surface area (Å²) in [6.45, 7) is 0. The van der Waals surface area contributed by atoms with Crippen molar-refractivity contribution >= 4 is 21.8 Å². The van der Waals surface area contributed by atoms with Gasteiger partial charge in [-0.25, -0.2) is 0 Å². The zero-order chi connectivity index (χ0) is 14.4. The van der Waals surface area contributed by atoms with Gasteiger partial charge in [0.05, 0.1) is 0 Å². The van der Waals surface area contributed by atoms with Gasteiger partial charge in [-0.15, -0.1) is 5.11 Å². The molecule has 2 N–H and O–H groups in total. The number of nitrogens with zero attached hydrogens (tertiary/aromatic N) is 3. The van der Waals surface area contributed by atoms with Crippen molar-refractivity contribution in [2.75, 3.05) is 7.05 Å². The van der Waals surface area contributed by atoms with E-state index in [0.717, 1.165) is 22.0 Å². The molecule has 0 radical (unpaired) electrons. The first-order chi connectivity index (χ1) is 9.80. The molecule has 0 aliphatic carbocycles. The van der Waals surface area contributed by atoms with E-state index >= 15 is 0 Å². The van der Waals surface area contributed by atoms with Crippen LogP contribution in [0.1, 0.15) is 11.1 Å². The maximum Gasteiger partial charge on any atom is 0.179 e. The van der Waals surface area contributed by atoms with Crippen molar-refractivity contribution in [1.29, 1.82) is 0 Å². The molecule has 0 unspecified atom stereocenters. The van der Waals surface area contributed by atoms with Crippen molar-refractivity contribution in [2.45, 2.75) is 5.33 Å². The maximum absolute atomic E-state index is 5.14. The number of benzene rings is 2. The van der Waals surface area contributed by atoms with Gasteiger partial charge in [-0.1, -0.05) is 69.7 Å². The molecule has 0 aliphatic rings. The molecule has 0 bridgehead atoms. The summed E-state index contributed by atoms with van der Waals surface area (Å²) in [5.74, 6) is 5.66. The Hall–Kier alpha value is -2.01. The first kappa shape index (κ1) is 14.4. The summed E-state index contributed by atoms with van der Waals surface area (Å²) < 4.78 is 0. The van der Waals surface area contributed by atoms with Crippen LogP contribution in [-0.4, -0.2) is 12.9 Å². The number of hydrogen-bond acceptors (Lipinski definition) is 2. The first-order valence-corrected chi connectivity index (χ1v) is 7.24. The SMILES string of the molecule is CN=C(N=NN)c1ccccc1-c1ccc(CBr)cc1. The van der Waals surface area contributed by atoms with E-state index in [2.05, 4.69) is 55.5 Å². The highest BCUT2D eigenvalue weighted by Gasteiger charge is 2.09. The minimum Gasteiger partial charge on any atom is -0.305 e. The molecule has 0 aromatic heterocycles. The summed E-state index contributed by atoms with van der Waals surface area (Å²) in [5, 5.41) is 8.06. The highest BCUT2D eigenvalue weighted by Crippen LogP contribution is 2.25. The minimum atomic E-state index is 0.521. The average Bonchev–Trinajstić information content (AvgIpc) is 2.53. The molecular formula is C15H15BrN4. The Labute approximate surface area is 126 Å². The molecule has 5 heteroatoms. The van der Waals surface area contributed by atoms with Crippen LogP contribution in [0.3, 0.4) is 0 Å². The molecule has 0 atom stereocenters. The Morgan fingerprint density at radius 2 is 1.80 bits per heavy atom. The van der Waals surface area contributed by atoms with Gasteiger partial charge in [-0.2, -0.15) is 0 Å². The molecule has 2 aromatic rings. The Kier molecular flexibility index (Phi) is 5.01. The number of hydrogen-bond donors (Lipinski definition) is 1. The lowest BCUT2D eigenvalue weighted by molar-refractivity contribution is 1.08. The third kappa shape index (κ3) is 3.11. The lowest BCUT2D eigenvalue weighted by Crippen LogP contribution is -2.00. The van der Waals surface area contributed by atoms with Crippen LogP contribution >= 0.6 is 15.9 Å². The van der Waals surface area contributed by atoms with Gasteiger partial charge in [0.1, 0.15) is 0 Å². The zero-order valence-corrected chi connectivity index (χ0v) is 12.7. The summed E-state index contributed by atoms with van der Waals surface area (Å²) in [4.78, 5) is 4.14. The lowest BCUT2D eigenvalue weighted by Gasteiger charge is -2.09. The van der Waals surface area contributed by atoms with Crippen LogP contribution in [-0.2, 0) is 5.33 Å². The Morgan fingerprint density at radius 3 is 2.40 bits per heavy atom. The van der Waals surface area contributed by atoms with Crippen molar-refractivity contribution in [1.82, 2.24) is 0 Å². The molecule has 4 nitrogen and oxygen atoms in total. The molecule has 2 aromatic carbocycles. The lowest BCUT2D eigenvalue weighted by atomic mass is 9.98. The van der Waals surface area contributed by atoms with E-state index in [1.807, 2.05) is 24.3 Å². The minimum absolute atomic E-state index is 0.521. The Bertz CT molecular complexity index is 633. The van der Waals surface area contributed by atoms with Crippen LogP contribution in [0.2, 0.25) is 0 Å². The van der Waals surface area contributed by atoms with Gasteiger partial charge in [0.15, 0.2) is 5.84 Å². The van der Waals surface area contributed by atoms with Gasteiger partial charge in [0.2, 0.25) is 0 Å². The smallest absolute Gasteiger partial charge is 0.179 e. The second-order valence-corrected chi connectivity index (χ2v) is 4.70. The van der Waals surface area contributed by atoms with Crippen LogP contribution in [0.4, 0.5) is 0 Å². The third-order valence-electron chi connectivity index (χ3n) is 2.95. The van der Waals surface area contributed by atoms with Crippen molar-refractivity contribution < 1.29 is 0 Å². The molecule has 0 amide bonds. The summed E-state index contributed by atoms with van der Waals surface area (Å²) in [6, 6.07) is 16.3. The average molecular weight is 331 g/mol. The van der Waals surface area contributed by atoms with E-state index in [9.17, 15) is 0 Å². The van der Waals surface area contributed by atoms with E-state index < -0.39 is 0 Å². The van der Waals surface area contributed by atoms with Crippen LogP contribution in [0.15, 0.2) is 63.9 Å². The normalized spacial score (nSPS) is 12.0. The van der Waals surface area contributed by atoms with Crippen molar-refractivity contribution in [3.63, 3.8) is 0 Å². The van der Waals surface area contributed by atoms with Gasteiger partial charge in [-0.05, 0) is 16.7 Å². The zero-order valence-electron chi connectivity index (χ0n) is 11.1. The fraction of sp³-hybridized carbons (Fsp3) is 0.133. The molecule has 0 saturated carbocycles. The highest BCUT2D eigenvalue weighted by atomic mass is 79.9. The van der Waals surface area contributed by atoms with Gasteiger partial charge >= 0.3 is 0 Å². The quantitative estimate of drug-likeness (QED) is 0.227. The molecule has 0 aliphatic heterocycles. The van der Waals surface area contributed by atoms with Crippen molar-refractivity contribution in [3.8, 4) is 11.1 Å². The summed E-state index contributed by atoms with van der Waals surface area (Å²) in [7, 11) is 1.68. The molecular weight excluding hydrogens is 316 g/mol. The molecule has 0 fully saturated rings. The number of alkyl halides is 1. The Morgan fingerprint density at radius 1 is 1.10 bits per heavy atom. The number of nitrogens with two attached hydrogens (primary N) is 1. The molecule has 2 rings (SSSR count). The summed E-state index contributed by atoms with van der Waals surface area (Å²) in [6.07, 6.45) is 0. The molecule has 0 spiro atoms. The second-order valence-electron chi connectivity index (χ2n) is 4.14. The largest absolute Gasteiger partial charge is 0.305 e. The molecule has 0 saturated heterocycles. The monoisotopic (exact) mass is 330 g/mol. The van der Waals surface area contributed by atoms with E-state index in [0.29, 0.717) is 5.84 Å². The number of rotatable bonds is 3. The molecule has 102 valence electrons. The predicted molar refractivity (Wildman–Crippen MR) is 86.0 cm³/mol. The highest BCUT2D eigenvalue weighted by molar-refractivity contribution is 9.08. The van der Waals surface area contributed by atoms with Gasteiger partial charge in [-0.3, -0.25) is 4.99 Å². The van der Waals surface area contributed by atoms with Crippen LogP contribution in [0.5, 0.6) is 0 Å². The molecule has 20 heavy (non-hydrogen) atoms. The summed E-state index contributed by atoms with van der Waals surface area (Å²) in [5.41, 5.74) is 4.31. The fourth-order valence-corrected chi connectivity index (χ4v) is 2.35. The van der Waals surface area contributed by atoms with Crippen LogP contribution in [0, 0.1) is 0 Å².